The number of hydrogen-bond acceptors (Lipinski definition) is 3. The van der Waals surface area contributed by atoms with E-state index in [1.807, 2.05) is 0 Å². The predicted molar refractivity (Wildman–Crippen MR) is 65.2 cm³/mol. The van der Waals surface area contributed by atoms with Crippen LogP contribution >= 0.6 is 12.2 Å². The number of piperazine rings is 1. The Morgan fingerprint density at radius 3 is 2.21 bits per heavy atom. The van der Waals surface area contributed by atoms with Gasteiger partial charge in [-0.2, -0.15) is 13.2 Å². The van der Waals surface area contributed by atoms with Gasteiger partial charge in [0.05, 0.1) is 4.99 Å². The molecule has 1 aliphatic rings. The molecule has 0 bridgehead atoms. The van der Waals surface area contributed by atoms with Gasteiger partial charge in [-0.05, 0) is 6.92 Å². The fourth-order valence-electron chi connectivity index (χ4n) is 1.77. The van der Waals surface area contributed by atoms with Gasteiger partial charge in [0.25, 0.3) is 0 Å². The number of amides is 2. The second-order valence-electron chi connectivity index (χ2n) is 4.13. The molecule has 5 nitrogen and oxygen atoms in total. The highest BCUT2D eigenvalue weighted by Crippen LogP contribution is 2.27. The molecule has 0 spiro atoms. The lowest BCUT2D eigenvalue weighted by Gasteiger charge is -2.35. The number of alkyl halides is 3. The molecule has 1 unspecified atom stereocenters. The summed E-state index contributed by atoms with van der Waals surface area (Å²) in [5, 5.41) is 0. The molecule has 1 saturated heterocycles. The third-order valence-corrected chi connectivity index (χ3v) is 3.20. The topological polar surface area (TPSA) is 66.6 Å². The molecule has 1 heterocycles. The maximum absolute atomic E-state index is 12.7. The zero-order chi connectivity index (χ0) is 14.8. The van der Waals surface area contributed by atoms with Crippen LogP contribution in [-0.2, 0) is 9.59 Å². The second-order valence-corrected chi connectivity index (χ2v) is 4.60. The van der Waals surface area contributed by atoms with E-state index in [4.69, 9.17) is 5.73 Å². The molecule has 1 aliphatic heterocycles. The van der Waals surface area contributed by atoms with E-state index in [-0.39, 0.29) is 13.1 Å². The standard InChI is InChI=1S/C10H14F3N3O2S/c1-2-15-3-4-16(9(18)8(15)17)5-6(7(14)19)10(11,12)13/h6H,2-5H2,1H3,(H2,14,19). The number of hydrogen-bond donors (Lipinski definition) is 1. The summed E-state index contributed by atoms with van der Waals surface area (Å²) < 4.78 is 38.1. The van der Waals surface area contributed by atoms with E-state index in [2.05, 4.69) is 12.2 Å². The van der Waals surface area contributed by atoms with Crippen LogP contribution in [0.2, 0.25) is 0 Å². The Hall–Kier alpha value is -1.38. The Kier molecular flexibility index (Phi) is 4.72. The predicted octanol–water partition coefficient (Wildman–Crippen LogP) is 0.142. The van der Waals surface area contributed by atoms with Gasteiger partial charge in [-0.1, -0.05) is 12.2 Å². The minimum Gasteiger partial charge on any atom is -0.393 e. The highest BCUT2D eigenvalue weighted by atomic mass is 32.1. The third-order valence-electron chi connectivity index (χ3n) is 2.92. The summed E-state index contributed by atoms with van der Waals surface area (Å²) in [7, 11) is 0. The Bertz CT molecular complexity index is 400. The van der Waals surface area contributed by atoms with Crippen LogP contribution in [0.15, 0.2) is 0 Å². The molecule has 2 amide bonds. The lowest BCUT2D eigenvalue weighted by Crippen LogP contribution is -2.57. The van der Waals surface area contributed by atoms with Crippen LogP contribution in [0, 0.1) is 5.92 Å². The minimum atomic E-state index is -4.63. The van der Waals surface area contributed by atoms with E-state index in [1.54, 1.807) is 6.92 Å². The summed E-state index contributed by atoms with van der Waals surface area (Å²) in [6, 6.07) is 0. The number of nitrogens with two attached hydrogens (primary N) is 1. The quantitative estimate of drug-likeness (QED) is 0.592. The Morgan fingerprint density at radius 2 is 1.79 bits per heavy atom. The van der Waals surface area contributed by atoms with Gasteiger partial charge in [0.2, 0.25) is 0 Å². The van der Waals surface area contributed by atoms with Crippen LogP contribution in [0.4, 0.5) is 13.2 Å². The average Bonchev–Trinajstić information content (AvgIpc) is 2.29. The second kappa shape index (κ2) is 5.72. The molecule has 1 rings (SSSR count). The number of carbonyl (C=O) groups excluding carboxylic acids is 2. The van der Waals surface area contributed by atoms with Gasteiger partial charge < -0.3 is 15.5 Å². The van der Waals surface area contributed by atoms with Crippen LogP contribution in [0.5, 0.6) is 0 Å². The van der Waals surface area contributed by atoms with Gasteiger partial charge in [-0.15, -0.1) is 0 Å². The Balaban J connectivity index is 2.80. The van der Waals surface area contributed by atoms with Crippen molar-refractivity contribution in [3.05, 3.63) is 0 Å². The van der Waals surface area contributed by atoms with Gasteiger partial charge >= 0.3 is 18.0 Å². The maximum Gasteiger partial charge on any atom is 0.399 e. The van der Waals surface area contributed by atoms with Gasteiger partial charge in [0.1, 0.15) is 5.92 Å². The van der Waals surface area contributed by atoms with Crippen LogP contribution in [0.3, 0.4) is 0 Å². The molecule has 9 heteroatoms. The molecule has 0 aromatic heterocycles. The van der Waals surface area contributed by atoms with E-state index in [1.165, 1.54) is 4.90 Å². The van der Waals surface area contributed by atoms with Gasteiger partial charge in [-0.3, -0.25) is 9.59 Å². The number of rotatable bonds is 4. The molecular weight excluding hydrogens is 283 g/mol. The lowest BCUT2D eigenvalue weighted by molar-refractivity contribution is -0.169. The average molecular weight is 297 g/mol. The van der Waals surface area contributed by atoms with Crippen molar-refractivity contribution in [2.75, 3.05) is 26.2 Å². The van der Waals surface area contributed by atoms with Crippen molar-refractivity contribution >= 4 is 29.0 Å². The highest BCUT2D eigenvalue weighted by Gasteiger charge is 2.44. The SMILES string of the molecule is CCN1CCN(CC(C(N)=S)C(F)(F)F)C(=O)C1=O. The van der Waals surface area contributed by atoms with E-state index < -0.39 is 35.4 Å². The summed E-state index contributed by atoms with van der Waals surface area (Å²) in [5.41, 5.74) is 5.05. The molecule has 2 N–H and O–H groups in total. The first kappa shape index (κ1) is 15.7. The van der Waals surface area contributed by atoms with E-state index in [0.717, 1.165) is 4.90 Å². The number of halogens is 3. The van der Waals surface area contributed by atoms with E-state index in [9.17, 15) is 22.8 Å². The molecule has 1 atom stereocenters. The van der Waals surface area contributed by atoms with Gasteiger partial charge in [0, 0.05) is 26.2 Å². The first-order valence-electron chi connectivity index (χ1n) is 5.62. The van der Waals surface area contributed by atoms with Crippen LogP contribution in [0.25, 0.3) is 0 Å². The van der Waals surface area contributed by atoms with Crippen LogP contribution in [0.1, 0.15) is 6.92 Å². The normalized spacial score (nSPS) is 18.7. The van der Waals surface area contributed by atoms with Crippen molar-refractivity contribution in [1.82, 2.24) is 9.80 Å². The molecule has 0 radical (unpaired) electrons. The number of carbonyl (C=O) groups is 2. The van der Waals surface area contributed by atoms with Crippen LogP contribution in [-0.4, -0.2) is 59.0 Å². The van der Waals surface area contributed by atoms with Crippen LogP contribution < -0.4 is 5.73 Å². The van der Waals surface area contributed by atoms with Gasteiger partial charge in [0.15, 0.2) is 0 Å². The number of thiocarbonyl (C=S) groups is 1. The van der Waals surface area contributed by atoms with Crippen molar-refractivity contribution < 1.29 is 22.8 Å². The van der Waals surface area contributed by atoms with E-state index >= 15 is 0 Å². The van der Waals surface area contributed by atoms with Crippen molar-refractivity contribution in [1.29, 1.82) is 0 Å². The fraction of sp³-hybridized carbons (Fsp3) is 0.700. The molecule has 19 heavy (non-hydrogen) atoms. The monoisotopic (exact) mass is 297 g/mol. The molecular formula is C10H14F3N3O2S. The molecule has 0 aromatic rings. The van der Waals surface area contributed by atoms with Crippen molar-refractivity contribution in [2.45, 2.75) is 13.1 Å². The largest absolute Gasteiger partial charge is 0.399 e. The summed E-state index contributed by atoms with van der Waals surface area (Å²) in [5.74, 6) is -3.83. The molecule has 108 valence electrons. The highest BCUT2D eigenvalue weighted by molar-refractivity contribution is 7.80. The zero-order valence-electron chi connectivity index (χ0n) is 10.2. The summed E-state index contributed by atoms with van der Waals surface area (Å²) in [6.45, 7) is 1.59. The third kappa shape index (κ3) is 3.55. The summed E-state index contributed by atoms with van der Waals surface area (Å²) >= 11 is 4.37. The molecule has 0 aliphatic carbocycles. The number of nitrogens with zero attached hydrogens (tertiary/aromatic N) is 2. The van der Waals surface area contributed by atoms with Gasteiger partial charge in [-0.25, -0.2) is 0 Å². The van der Waals surface area contributed by atoms with Crippen molar-refractivity contribution in [3.63, 3.8) is 0 Å². The fourth-order valence-corrected chi connectivity index (χ4v) is 1.97. The Morgan fingerprint density at radius 1 is 1.32 bits per heavy atom. The lowest BCUT2D eigenvalue weighted by atomic mass is 10.1. The smallest absolute Gasteiger partial charge is 0.393 e. The zero-order valence-corrected chi connectivity index (χ0v) is 11.1. The summed E-state index contributed by atoms with van der Waals surface area (Å²) in [6.07, 6.45) is -4.63. The maximum atomic E-state index is 12.7. The summed E-state index contributed by atoms with van der Waals surface area (Å²) in [4.78, 5) is 24.6. The Labute approximate surface area is 113 Å². The van der Waals surface area contributed by atoms with Crippen molar-refractivity contribution in [2.24, 2.45) is 11.7 Å². The molecule has 0 saturated carbocycles. The minimum absolute atomic E-state index is 0.0492. The molecule has 1 fully saturated rings. The first-order chi connectivity index (χ1) is 8.68. The first-order valence-corrected chi connectivity index (χ1v) is 6.03. The van der Waals surface area contributed by atoms with E-state index in [0.29, 0.717) is 6.54 Å². The molecule has 0 aromatic carbocycles. The number of likely N-dealkylation sites (N-methyl/N-ethyl adjacent to an activating group) is 1. The van der Waals surface area contributed by atoms with Crippen molar-refractivity contribution in [3.8, 4) is 0 Å².